The van der Waals surface area contributed by atoms with Crippen LogP contribution < -0.4 is 19.1 Å². The molecule has 0 radical (unpaired) electrons. The molecule has 2 aliphatic heterocycles. The number of ether oxygens (including phenoxy) is 3. The molecule has 9 nitrogen and oxygen atoms in total. The van der Waals surface area contributed by atoms with Crippen LogP contribution in [0.2, 0.25) is 0 Å². The van der Waals surface area contributed by atoms with E-state index in [4.69, 9.17) is 14.2 Å². The second kappa shape index (κ2) is 14.3. The number of anilines is 1. The molecule has 1 fully saturated rings. The second-order valence-electron chi connectivity index (χ2n) is 11.8. The smallest absolute Gasteiger partial charge is 0.301 e. The summed E-state index contributed by atoms with van der Waals surface area (Å²) in [7, 11) is 0. The summed E-state index contributed by atoms with van der Waals surface area (Å²) in [5.74, 6) is -0.200. The van der Waals surface area contributed by atoms with Gasteiger partial charge in [0.1, 0.15) is 30.0 Å². The Hall–Kier alpha value is -5.20. The van der Waals surface area contributed by atoms with E-state index in [1.807, 2.05) is 44.2 Å². The quantitative estimate of drug-likeness (QED) is 0.0481. The number of aliphatic hydroxyl groups is 1. The summed E-state index contributed by atoms with van der Waals surface area (Å²) in [6, 6.07) is 25.3. The van der Waals surface area contributed by atoms with Gasteiger partial charge in [0.15, 0.2) is 15.8 Å². The maximum Gasteiger partial charge on any atom is 0.301 e. The van der Waals surface area contributed by atoms with Crippen LogP contribution in [0.25, 0.3) is 5.76 Å². The molecule has 2 aliphatic rings. The first-order valence-electron chi connectivity index (χ1n) is 16.0. The Bertz CT molecular complexity index is 2090. The number of rotatable bonds is 11. The molecule has 50 heavy (non-hydrogen) atoms. The number of thioether (sulfide) groups is 1. The van der Waals surface area contributed by atoms with Gasteiger partial charge in [-0.25, -0.2) is 4.39 Å². The minimum atomic E-state index is -1.05. The third-order valence-electron chi connectivity index (χ3n) is 8.31. The first kappa shape index (κ1) is 33.3. The molecule has 4 aromatic carbocycles. The van der Waals surface area contributed by atoms with E-state index in [2.05, 4.69) is 10.2 Å². The predicted molar refractivity (Wildman–Crippen MR) is 189 cm³/mol. The van der Waals surface area contributed by atoms with Crippen molar-refractivity contribution >= 4 is 45.7 Å². The Kier molecular flexibility index (Phi) is 9.55. The summed E-state index contributed by atoms with van der Waals surface area (Å²) in [6.45, 7) is 4.46. The fourth-order valence-electron chi connectivity index (χ4n) is 5.97. The molecule has 1 N–H and O–H groups in total. The van der Waals surface area contributed by atoms with Crippen molar-refractivity contribution in [2.24, 2.45) is 0 Å². The maximum atomic E-state index is 13.9. The van der Waals surface area contributed by atoms with E-state index in [-0.39, 0.29) is 28.4 Å². The first-order chi connectivity index (χ1) is 24.3. The number of carbonyl (C=O) groups is 2. The summed E-state index contributed by atoms with van der Waals surface area (Å²) in [5, 5.41) is 20.6. The third kappa shape index (κ3) is 6.81. The van der Waals surface area contributed by atoms with Gasteiger partial charge in [-0.05, 0) is 78.6 Å². The minimum Gasteiger partial charge on any atom is -0.507 e. The Morgan fingerprint density at radius 3 is 2.56 bits per heavy atom. The molecule has 254 valence electrons. The molecule has 0 aliphatic carbocycles. The van der Waals surface area contributed by atoms with Crippen LogP contribution in [-0.4, -0.2) is 39.7 Å². The third-order valence-corrected chi connectivity index (χ3v) is 10.4. The van der Waals surface area contributed by atoms with Crippen LogP contribution in [0.15, 0.2) is 101 Å². The summed E-state index contributed by atoms with van der Waals surface area (Å²) in [6.07, 6.45) is 0.639. The number of halogens is 1. The van der Waals surface area contributed by atoms with Gasteiger partial charge in [0, 0.05) is 17.7 Å². The molecular weight excluding hydrogens is 678 g/mol. The number of ketones is 1. The molecule has 0 saturated carbocycles. The Labute approximate surface area is 296 Å². The Morgan fingerprint density at radius 2 is 1.78 bits per heavy atom. The van der Waals surface area contributed by atoms with Crippen LogP contribution in [0.5, 0.6) is 17.2 Å². The molecular formula is C38H32FN3O6S2. The van der Waals surface area contributed by atoms with E-state index in [0.717, 1.165) is 33.8 Å². The van der Waals surface area contributed by atoms with Gasteiger partial charge in [-0.3, -0.25) is 14.5 Å². The standard InChI is InChI=1S/C38H32FN3O6S2/c1-3-46-31-19-25(11-16-30(31)47-20-23-7-5-4-6-8-23)33-32(34(43)26-12-15-29-27(18-26)17-22(2)48-29)35(44)36(45)42(33)37-40-41-38(50-37)49-21-24-9-13-28(39)14-10-24/h4-16,18-19,22,33,43H,3,17,20-21H2,1-2H3/b34-32+/t22-,33+/m1/s1. The van der Waals surface area contributed by atoms with E-state index in [1.165, 1.54) is 28.8 Å². The highest BCUT2D eigenvalue weighted by Crippen LogP contribution is 2.46. The molecule has 5 aromatic rings. The summed E-state index contributed by atoms with van der Waals surface area (Å²) in [5.41, 5.74) is 3.59. The normalized spacial score (nSPS) is 17.9. The number of aliphatic hydroxyl groups excluding tert-OH is 1. The second-order valence-corrected chi connectivity index (χ2v) is 14.0. The van der Waals surface area contributed by atoms with Crippen molar-refractivity contribution in [2.75, 3.05) is 11.5 Å². The summed E-state index contributed by atoms with van der Waals surface area (Å²) >= 11 is 2.53. The first-order valence-corrected chi connectivity index (χ1v) is 17.8. The number of hydrogen-bond donors (Lipinski definition) is 1. The average Bonchev–Trinajstić information content (AvgIpc) is 3.82. The van der Waals surface area contributed by atoms with Gasteiger partial charge < -0.3 is 19.3 Å². The van der Waals surface area contributed by atoms with E-state index in [0.29, 0.717) is 52.4 Å². The highest BCUT2D eigenvalue weighted by atomic mass is 32.2. The Balaban J connectivity index is 1.27. The van der Waals surface area contributed by atoms with Crippen LogP contribution in [0.3, 0.4) is 0 Å². The zero-order valence-electron chi connectivity index (χ0n) is 27.2. The molecule has 2 atom stereocenters. The molecule has 3 heterocycles. The number of carbonyl (C=O) groups excluding carboxylic acids is 2. The van der Waals surface area contributed by atoms with E-state index in [9.17, 15) is 19.1 Å². The van der Waals surface area contributed by atoms with Gasteiger partial charge in [0.05, 0.1) is 18.2 Å². The van der Waals surface area contributed by atoms with Gasteiger partial charge in [-0.15, -0.1) is 10.2 Å². The Morgan fingerprint density at radius 1 is 0.980 bits per heavy atom. The SMILES string of the molecule is CCOc1cc([C@H]2/C(=C(\O)c3ccc4c(c3)C[C@@H](C)O4)C(=O)C(=O)N2c2nnc(SCc3ccc(F)cc3)s2)ccc1OCc1ccccc1. The van der Waals surface area contributed by atoms with Gasteiger partial charge in [0.25, 0.3) is 5.78 Å². The lowest BCUT2D eigenvalue weighted by atomic mass is 9.94. The number of amides is 1. The van der Waals surface area contributed by atoms with Gasteiger partial charge in [-0.1, -0.05) is 71.6 Å². The molecule has 0 spiro atoms. The van der Waals surface area contributed by atoms with Crippen molar-refractivity contribution < 1.29 is 33.3 Å². The van der Waals surface area contributed by atoms with Gasteiger partial charge in [-0.2, -0.15) is 0 Å². The summed E-state index contributed by atoms with van der Waals surface area (Å²) < 4.78 is 31.9. The highest BCUT2D eigenvalue weighted by molar-refractivity contribution is 8.00. The molecule has 7 rings (SSSR count). The lowest BCUT2D eigenvalue weighted by Crippen LogP contribution is -2.29. The van der Waals surface area contributed by atoms with Crippen molar-refractivity contribution in [3.63, 3.8) is 0 Å². The largest absolute Gasteiger partial charge is 0.507 e. The van der Waals surface area contributed by atoms with Crippen molar-refractivity contribution in [3.8, 4) is 17.2 Å². The topological polar surface area (TPSA) is 111 Å². The van der Waals surface area contributed by atoms with Crippen LogP contribution in [0, 0.1) is 5.82 Å². The zero-order chi connectivity index (χ0) is 34.8. The minimum absolute atomic E-state index is 0.0138. The van der Waals surface area contributed by atoms with Gasteiger partial charge >= 0.3 is 5.91 Å². The molecule has 1 saturated heterocycles. The average molecular weight is 710 g/mol. The number of aromatic nitrogens is 2. The van der Waals surface area contributed by atoms with Gasteiger partial charge in [0.2, 0.25) is 5.13 Å². The highest BCUT2D eigenvalue weighted by Gasteiger charge is 2.48. The number of fused-ring (bicyclic) bond motifs is 1. The van der Waals surface area contributed by atoms with Crippen molar-refractivity contribution in [1.82, 2.24) is 10.2 Å². The fraction of sp³-hybridized carbons (Fsp3) is 0.211. The summed E-state index contributed by atoms with van der Waals surface area (Å²) in [4.78, 5) is 29.0. The van der Waals surface area contributed by atoms with Crippen molar-refractivity contribution in [1.29, 1.82) is 0 Å². The zero-order valence-corrected chi connectivity index (χ0v) is 28.8. The van der Waals surface area contributed by atoms with Crippen molar-refractivity contribution in [3.05, 3.63) is 130 Å². The van der Waals surface area contributed by atoms with Crippen LogP contribution in [0.1, 0.15) is 47.7 Å². The number of hydrogen-bond acceptors (Lipinski definition) is 10. The van der Waals surface area contributed by atoms with E-state index < -0.39 is 17.7 Å². The molecule has 12 heteroatoms. The van der Waals surface area contributed by atoms with Crippen LogP contribution in [0.4, 0.5) is 9.52 Å². The molecule has 0 bridgehead atoms. The lowest BCUT2D eigenvalue weighted by molar-refractivity contribution is -0.132. The maximum absolute atomic E-state index is 13.9. The van der Waals surface area contributed by atoms with Crippen LogP contribution in [-0.2, 0) is 28.4 Å². The lowest BCUT2D eigenvalue weighted by Gasteiger charge is -2.24. The number of Topliss-reactive ketones (excluding diaryl/α,β-unsaturated/α-hetero) is 1. The monoisotopic (exact) mass is 709 g/mol. The molecule has 1 amide bonds. The van der Waals surface area contributed by atoms with E-state index >= 15 is 0 Å². The molecule has 0 unspecified atom stereocenters. The predicted octanol–water partition coefficient (Wildman–Crippen LogP) is 7.90. The molecule has 1 aromatic heterocycles. The number of nitrogens with zero attached hydrogens (tertiary/aromatic N) is 3. The van der Waals surface area contributed by atoms with Crippen LogP contribution >= 0.6 is 23.1 Å². The fourth-order valence-corrected chi connectivity index (χ4v) is 7.79. The van der Waals surface area contributed by atoms with E-state index in [1.54, 1.807) is 48.5 Å². The van der Waals surface area contributed by atoms with Crippen molar-refractivity contribution in [2.45, 2.75) is 49.1 Å². The number of benzene rings is 4.